The molecule has 6 rings (SSSR count). The molecule has 0 radical (unpaired) electrons. The first-order valence-corrected chi connectivity index (χ1v) is 11.0. The van der Waals surface area contributed by atoms with Crippen molar-refractivity contribution in [2.45, 2.75) is 31.8 Å². The molecule has 5 heterocycles. The van der Waals surface area contributed by atoms with Crippen LogP contribution in [0.15, 0.2) is 67.8 Å². The van der Waals surface area contributed by atoms with Crippen LogP contribution < -0.4 is 0 Å². The SMILES string of the molecule is N#CCC(C1CC1)n1cc(-c2nc(-c3cnn(Cc4cccnc4)c3)cc3nccn23)cn1. The fourth-order valence-corrected chi connectivity index (χ4v) is 4.22. The average Bonchev–Trinajstić information content (AvgIpc) is 3.20. The first kappa shape index (κ1) is 19.4. The Morgan fingerprint density at radius 2 is 2.00 bits per heavy atom. The molecule has 0 saturated heterocycles. The molecule has 0 aromatic carbocycles. The second kappa shape index (κ2) is 7.98. The van der Waals surface area contributed by atoms with Crippen molar-refractivity contribution < 1.29 is 0 Å². The maximum Gasteiger partial charge on any atom is 0.149 e. The van der Waals surface area contributed by atoms with Crippen molar-refractivity contribution in [3.05, 3.63) is 73.3 Å². The van der Waals surface area contributed by atoms with Gasteiger partial charge in [-0.2, -0.15) is 15.5 Å². The Balaban J connectivity index is 1.35. The zero-order valence-corrected chi connectivity index (χ0v) is 17.9. The molecule has 1 atom stereocenters. The summed E-state index contributed by atoms with van der Waals surface area (Å²) >= 11 is 0. The van der Waals surface area contributed by atoms with E-state index in [0.717, 1.165) is 46.7 Å². The third kappa shape index (κ3) is 3.76. The number of fused-ring (bicyclic) bond motifs is 1. The van der Waals surface area contributed by atoms with E-state index in [1.165, 1.54) is 0 Å². The van der Waals surface area contributed by atoms with Gasteiger partial charge in [-0.1, -0.05) is 6.07 Å². The van der Waals surface area contributed by atoms with E-state index >= 15 is 0 Å². The summed E-state index contributed by atoms with van der Waals surface area (Å²) in [6.07, 6.45) is 17.7. The highest BCUT2D eigenvalue weighted by Gasteiger charge is 2.33. The van der Waals surface area contributed by atoms with E-state index in [4.69, 9.17) is 4.98 Å². The van der Waals surface area contributed by atoms with Crippen LogP contribution in [0.25, 0.3) is 28.3 Å². The zero-order chi connectivity index (χ0) is 22.2. The van der Waals surface area contributed by atoms with Gasteiger partial charge in [0, 0.05) is 48.8 Å². The fourth-order valence-electron chi connectivity index (χ4n) is 4.22. The molecule has 5 aromatic heterocycles. The van der Waals surface area contributed by atoms with E-state index in [1.807, 2.05) is 69.1 Å². The first-order valence-electron chi connectivity index (χ1n) is 11.0. The molecule has 0 N–H and O–H groups in total. The van der Waals surface area contributed by atoms with Gasteiger partial charge < -0.3 is 0 Å². The molecule has 0 bridgehead atoms. The topological polar surface area (TPSA) is 103 Å². The number of hydrogen-bond acceptors (Lipinski definition) is 6. The number of nitriles is 1. The Morgan fingerprint density at radius 1 is 1.09 bits per heavy atom. The number of aromatic nitrogens is 8. The Morgan fingerprint density at radius 3 is 2.82 bits per heavy atom. The summed E-state index contributed by atoms with van der Waals surface area (Å²) in [7, 11) is 0. The summed E-state index contributed by atoms with van der Waals surface area (Å²) in [5.41, 5.74) is 4.49. The molecule has 1 unspecified atom stereocenters. The standard InChI is InChI=1S/C24H21N9/c25-6-5-22(18-3-4-18)33-16-20(13-29-33)24-30-21(10-23-27-8-9-32(23)24)19-12-28-31(15-19)14-17-2-1-7-26-11-17/h1-2,7-13,15-16,18,22H,3-5,14H2. The minimum atomic E-state index is 0.121. The van der Waals surface area contributed by atoms with E-state index in [2.05, 4.69) is 26.2 Å². The van der Waals surface area contributed by atoms with Gasteiger partial charge in [0.25, 0.3) is 0 Å². The molecule has 1 aliphatic rings. The first-order chi connectivity index (χ1) is 16.3. The zero-order valence-electron chi connectivity index (χ0n) is 17.9. The van der Waals surface area contributed by atoms with E-state index in [1.54, 1.807) is 12.4 Å². The predicted octanol–water partition coefficient (Wildman–Crippen LogP) is 3.76. The van der Waals surface area contributed by atoms with Crippen LogP contribution in [0, 0.1) is 17.2 Å². The molecule has 33 heavy (non-hydrogen) atoms. The van der Waals surface area contributed by atoms with Crippen LogP contribution in [-0.4, -0.2) is 38.9 Å². The number of imidazole rings is 1. The highest BCUT2D eigenvalue weighted by Crippen LogP contribution is 2.41. The van der Waals surface area contributed by atoms with Crippen molar-refractivity contribution >= 4 is 5.65 Å². The van der Waals surface area contributed by atoms with Gasteiger partial charge in [0.15, 0.2) is 0 Å². The van der Waals surface area contributed by atoms with Crippen molar-refractivity contribution in [2.75, 3.05) is 0 Å². The van der Waals surface area contributed by atoms with Crippen molar-refractivity contribution in [3.8, 4) is 28.7 Å². The van der Waals surface area contributed by atoms with Crippen molar-refractivity contribution in [2.24, 2.45) is 5.92 Å². The van der Waals surface area contributed by atoms with Gasteiger partial charge in [-0.15, -0.1) is 0 Å². The molecule has 9 heteroatoms. The smallest absolute Gasteiger partial charge is 0.149 e. The molecule has 0 aliphatic heterocycles. The predicted molar refractivity (Wildman–Crippen MR) is 121 cm³/mol. The lowest BCUT2D eigenvalue weighted by molar-refractivity contribution is 0.412. The van der Waals surface area contributed by atoms with Crippen LogP contribution in [-0.2, 0) is 6.54 Å². The minimum absolute atomic E-state index is 0.121. The van der Waals surface area contributed by atoms with Crippen molar-refractivity contribution in [3.63, 3.8) is 0 Å². The average molecular weight is 435 g/mol. The van der Waals surface area contributed by atoms with Gasteiger partial charge in [-0.05, 0) is 30.4 Å². The number of nitrogens with zero attached hydrogens (tertiary/aromatic N) is 9. The lowest BCUT2D eigenvalue weighted by Crippen LogP contribution is -2.11. The lowest BCUT2D eigenvalue weighted by Gasteiger charge is -2.12. The van der Waals surface area contributed by atoms with E-state index in [0.29, 0.717) is 18.9 Å². The Labute approximate surface area is 190 Å². The number of rotatable bonds is 7. The maximum absolute atomic E-state index is 9.24. The van der Waals surface area contributed by atoms with Gasteiger partial charge in [0.05, 0.1) is 48.7 Å². The van der Waals surface area contributed by atoms with E-state index in [9.17, 15) is 5.26 Å². The molecular formula is C24H21N9. The molecular weight excluding hydrogens is 414 g/mol. The maximum atomic E-state index is 9.24. The molecule has 9 nitrogen and oxygen atoms in total. The van der Waals surface area contributed by atoms with Gasteiger partial charge in [0.2, 0.25) is 0 Å². The summed E-state index contributed by atoms with van der Waals surface area (Å²) in [5, 5.41) is 18.3. The largest absolute Gasteiger partial charge is 0.284 e. The Hall–Kier alpha value is -4.32. The Kier molecular flexibility index (Phi) is 4.69. The minimum Gasteiger partial charge on any atom is -0.284 e. The van der Waals surface area contributed by atoms with Gasteiger partial charge in [-0.3, -0.25) is 18.7 Å². The summed E-state index contributed by atoms with van der Waals surface area (Å²) < 4.78 is 5.77. The third-order valence-corrected chi connectivity index (χ3v) is 6.05. The second-order valence-electron chi connectivity index (χ2n) is 8.38. The third-order valence-electron chi connectivity index (χ3n) is 6.05. The van der Waals surface area contributed by atoms with Crippen LogP contribution in [0.2, 0.25) is 0 Å². The quantitative estimate of drug-likeness (QED) is 0.386. The van der Waals surface area contributed by atoms with E-state index < -0.39 is 0 Å². The highest BCUT2D eigenvalue weighted by atomic mass is 15.3. The molecule has 1 saturated carbocycles. The lowest BCUT2D eigenvalue weighted by atomic mass is 10.1. The van der Waals surface area contributed by atoms with Crippen LogP contribution in [0.4, 0.5) is 0 Å². The highest BCUT2D eigenvalue weighted by molar-refractivity contribution is 5.68. The molecule has 0 amide bonds. The molecule has 0 spiro atoms. The number of hydrogen-bond donors (Lipinski definition) is 0. The molecule has 1 aliphatic carbocycles. The normalized spacial score (nSPS) is 14.4. The van der Waals surface area contributed by atoms with Gasteiger partial charge in [-0.25, -0.2) is 9.97 Å². The van der Waals surface area contributed by atoms with Crippen LogP contribution in [0.1, 0.15) is 30.9 Å². The molecule has 162 valence electrons. The van der Waals surface area contributed by atoms with Crippen LogP contribution in [0.3, 0.4) is 0 Å². The fraction of sp³-hybridized carbons (Fsp3) is 0.250. The van der Waals surface area contributed by atoms with Crippen molar-refractivity contribution in [1.29, 1.82) is 5.26 Å². The van der Waals surface area contributed by atoms with Crippen molar-refractivity contribution in [1.82, 2.24) is 38.9 Å². The van der Waals surface area contributed by atoms with Gasteiger partial charge >= 0.3 is 0 Å². The summed E-state index contributed by atoms with van der Waals surface area (Å²) in [4.78, 5) is 13.6. The summed E-state index contributed by atoms with van der Waals surface area (Å²) in [6.45, 7) is 0.639. The second-order valence-corrected chi connectivity index (χ2v) is 8.38. The number of pyridine rings is 1. The summed E-state index contributed by atoms with van der Waals surface area (Å²) in [6, 6.07) is 8.34. The van der Waals surface area contributed by atoms with Gasteiger partial charge in [0.1, 0.15) is 11.5 Å². The van der Waals surface area contributed by atoms with E-state index in [-0.39, 0.29) is 6.04 Å². The molecule has 5 aromatic rings. The Bertz CT molecular complexity index is 1450. The van der Waals surface area contributed by atoms with Crippen LogP contribution in [0.5, 0.6) is 0 Å². The van der Waals surface area contributed by atoms with Crippen LogP contribution >= 0.6 is 0 Å². The monoisotopic (exact) mass is 435 g/mol. The summed E-state index contributed by atoms with van der Waals surface area (Å²) in [5.74, 6) is 1.30. The molecule has 1 fully saturated rings.